The summed E-state index contributed by atoms with van der Waals surface area (Å²) in [6, 6.07) is 3.25. The number of rotatable bonds is 7. The molecule has 1 heterocycles. The van der Waals surface area contributed by atoms with E-state index in [1.165, 1.54) is 19.1 Å². The molecule has 0 atom stereocenters. The lowest BCUT2D eigenvalue weighted by Gasteiger charge is -2.21. The average Bonchev–Trinajstić information content (AvgIpc) is 2.42. The molecule has 1 rings (SSSR count). The van der Waals surface area contributed by atoms with Crippen molar-refractivity contribution in [2.75, 3.05) is 33.9 Å². The molecule has 0 bridgehead atoms. The molecule has 0 aliphatic heterocycles. The number of amides is 1. The van der Waals surface area contributed by atoms with E-state index in [1.54, 1.807) is 19.1 Å². The van der Waals surface area contributed by atoms with Crippen LogP contribution in [0.4, 0.5) is 0 Å². The predicted octanol–water partition coefficient (Wildman–Crippen LogP) is 0.572. The number of methoxy groups -OCH3 is 2. The lowest BCUT2D eigenvalue weighted by atomic mass is 10.2. The third-order valence-electron chi connectivity index (χ3n) is 2.60. The molecule has 0 fully saturated rings. The van der Waals surface area contributed by atoms with Gasteiger partial charge in [0, 0.05) is 19.3 Å². The van der Waals surface area contributed by atoms with E-state index in [0.29, 0.717) is 5.69 Å². The van der Waals surface area contributed by atoms with Crippen molar-refractivity contribution in [3.63, 3.8) is 0 Å². The summed E-state index contributed by atoms with van der Waals surface area (Å²) in [6.45, 7) is 1.80. The summed E-state index contributed by atoms with van der Waals surface area (Å²) in [7, 11) is 2.90. The summed E-state index contributed by atoms with van der Waals surface area (Å²) >= 11 is 0. The third kappa shape index (κ3) is 4.20. The molecule has 0 saturated heterocycles. The number of pyridine rings is 1. The number of ether oxygens (including phenoxy) is 2. The van der Waals surface area contributed by atoms with Crippen molar-refractivity contribution in [1.82, 2.24) is 9.88 Å². The van der Waals surface area contributed by atoms with Crippen molar-refractivity contribution < 1.29 is 24.2 Å². The fourth-order valence-corrected chi connectivity index (χ4v) is 1.64. The Labute approximate surface area is 117 Å². The summed E-state index contributed by atoms with van der Waals surface area (Å²) in [5.74, 6) is -1.36. The van der Waals surface area contributed by atoms with Crippen LogP contribution in [0.15, 0.2) is 12.1 Å². The summed E-state index contributed by atoms with van der Waals surface area (Å²) in [5, 5.41) is 8.87. The van der Waals surface area contributed by atoms with E-state index in [4.69, 9.17) is 14.6 Å². The topological polar surface area (TPSA) is 89.0 Å². The number of carboxylic acid groups (broad SMARTS) is 1. The Morgan fingerprint density at radius 3 is 2.60 bits per heavy atom. The number of carbonyl (C=O) groups excluding carboxylic acids is 1. The van der Waals surface area contributed by atoms with E-state index in [2.05, 4.69) is 4.98 Å². The van der Waals surface area contributed by atoms with Gasteiger partial charge in [-0.15, -0.1) is 0 Å². The number of hydrogen-bond acceptors (Lipinski definition) is 5. The number of carboxylic acids is 1. The highest BCUT2D eigenvalue weighted by Crippen LogP contribution is 2.17. The van der Waals surface area contributed by atoms with Crippen LogP contribution in [0.2, 0.25) is 0 Å². The zero-order valence-corrected chi connectivity index (χ0v) is 11.8. The van der Waals surface area contributed by atoms with Gasteiger partial charge in [0.1, 0.15) is 12.1 Å². The predicted molar refractivity (Wildman–Crippen MR) is 70.9 cm³/mol. The largest absolute Gasteiger partial charge is 0.480 e. The smallest absolute Gasteiger partial charge is 0.323 e. The van der Waals surface area contributed by atoms with E-state index >= 15 is 0 Å². The molecule has 7 heteroatoms. The molecule has 7 nitrogen and oxygen atoms in total. The van der Waals surface area contributed by atoms with Crippen molar-refractivity contribution in [2.24, 2.45) is 0 Å². The van der Waals surface area contributed by atoms with Gasteiger partial charge in [-0.2, -0.15) is 0 Å². The van der Waals surface area contributed by atoms with E-state index in [1.807, 2.05) is 0 Å². The highest BCUT2D eigenvalue weighted by atomic mass is 16.5. The molecular formula is C13H18N2O5. The Balaban J connectivity index is 3.01. The summed E-state index contributed by atoms with van der Waals surface area (Å²) in [5.41, 5.74) is 0.940. The maximum atomic E-state index is 12.4. The molecule has 0 aliphatic carbocycles. The first-order valence-corrected chi connectivity index (χ1v) is 6.01. The number of carbonyl (C=O) groups is 2. The fourth-order valence-electron chi connectivity index (χ4n) is 1.64. The molecule has 0 aromatic carbocycles. The molecule has 0 saturated carbocycles. The van der Waals surface area contributed by atoms with Crippen LogP contribution in [0.25, 0.3) is 0 Å². The van der Waals surface area contributed by atoms with E-state index in [-0.39, 0.29) is 24.6 Å². The maximum absolute atomic E-state index is 12.4. The second-order valence-corrected chi connectivity index (χ2v) is 4.12. The van der Waals surface area contributed by atoms with Gasteiger partial charge in [0.2, 0.25) is 5.88 Å². The molecule has 20 heavy (non-hydrogen) atoms. The summed E-state index contributed by atoms with van der Waals surface area (Å²) in [4.78, 5) is 28.5. The van der Waals surface area contributed by atoms with Crippen LogP contribution in [0.1, 0.15) is 16.1 Å². The van der Waals surface area contributed by atoms with Gasteiger partial charge in [0.15, 0.2) is 0 Å². The normalized spacial score (nSPS) is 10.2. The average molecular weight is 282 g/mol. The highest BCUT2D eigenvalue weighted by Gasteiger charge is 2.22. The minimum absolute atomic E-state index is 0.179. The lowest BCUT2D eigenvalue weighted by Crippen LogP contribution is -2.38. The van der Waals surface area contributed by atoms with Gasteiger partial charge >= 0.3 is 5.97 Å². The van der Waals surface area contributed by atoms with Crippen LogP contribution in [0.5, 0.6) is 5.88 Å². The molecular weight excluding hydrogens is 264 g/mol. The lowest BCUT2D eigenvalue weighted by molar-refractivity contribution is -0.137. The minimum atomic E-state index is -1.09. The zero-order chi connectivity index (χ0) is 15.1. The molecule has 0 aliphatic rings. The van der Waals surface area contributed by atoms with E-state index in [9.17, 15) is 9.59 Å². The van der Waals surface area contributed by atoms with Gasteiger partial charge in [0.25, 0.3) is 5.91 Å². The SMILES string of the molecule is COCCN(CC(=O)O)C(=O)c1ccc(C)nc1OC. The molecule has 1 amide bonds. The second-order valence-electron chi connectivity index (χ2n) is 4.12. The van der Waals surface area contributed by atoms with Crippen LogP contribution >= 0.6 is 0 Å². The number of aliphatic carboxylic acids is 1. The monoisotopic (exact) mass is 282 g/mol. The molecule has 0 radical (unpaired) electrons. The molecule has 0 spiro atoms. The maximum Gasteiger partial charge on any atom is 0.323 e. The van der Waals surface area contributed by atoms with Crippen LogP contribution in [0, 0.1) is 6.92 Å². The first-order chi connectivity index (χ1) is 9.49. The van der Waals surface area contributed by atoms with Gasteiger partial charge < -0.3 is 19.5 Å². The third-order valence-corrected chi connectivity index (χ3v) is 2.60. The second kappa shape index (κ2) is 7.44. The first kappa shape index (κ1) is 15.9. The van der Waals surface area contributed by atoms with Crippen molar-refractivity contribution in [1.29, 1.82) is 0 Å². The Morgan fingerprint density at radius 2 is 2.05 bits per heavy atom. The summed E-state index contributed by atoms with van der Waals surface area (Å²) < 4.78 is 9.95. The van der Waals surface area contributed by atoms with Gasteiger partial charge in [0.05, 0.1) is 13.7 Å². The van der Waals surface area contributed by atoms with Gasteiger partial charge in [-0.3, -0.25) is 9.59 Å². The van der Waals surface area contributed by atoms with Crippen molar-refractivity contribution in [2.45, 2.75) is 6.92 Å². The van der Waals surface area contributed by atoms with Crippen LogP contribution in [-0.4, -0.2) is 60.8 Å². The van der Waals surface area contributed by atoms with Gasteiger partial charge in [-0.1, -0.05) is 0 Å². The number of nitrogens with zero attached hydrogens (tertiary/aromatic N) is 2. The number of hydrogen-bond donors (Lipinski definition) is 1. The molecule has 0 unspecified atom stereocenters. The van der Waals surface area contributed by atoms with Crippen LogP contribution in [0.3, 0.4) is 0 Å². The van der Waals surface area contributed by atoms with E-state index < -0.39 is 18.4 Å². The molecule has 1 aromatic heterocycles. The zero-order valence-electron chi connectivity index (χ0n) is 11.8. The van der Waals surface area contributed by atoms with Crippen molar-refractivity contribution in [3.8, 4) is 5.88 Å². The Morgan fingerprint density at radius 1 is 1.35 bits per heavy atom. The molecule has 1 aromatic rings. The Bertz CT molecular complexity index is 490. The molecule has 1 N–H and O–H groups in total. The van der Waals surface area contributed by atoms with Gasteiger partial charge in [-0.25, -0.2) is 4.98 Å². The van der Waals surface area contributed by atoms with Crippen LogP contribution < -0.4 is 4.74 Å². The van der Waals surface area contributed by atoms with Crippen molar-refractivity contribution >= 4 is 11.9 Å². The Hall–Kier alpha value is -2.15. The standard InChI is InChI=1S/C13H18N2O5/c1-9-4-5-10(12(14-9)20-3)13(18)15(6-7-19-2)8-11(16)17/h4-5H,6-8H2,1-3H3,(H,16,17). The molecule has 110 valence electrons. The Kier molecular flexibility index (Phi) is 5.92. The number of aryl methyl sites for hydroxylation is 1. The first-order valence-electron chi connectivity index (χ1n) is 6.01. The number of aromatic nitrogens is 1. The fraction of sp³-hybridized carbons (Fsp3) is 0.462. The van der Waals surface area contributed by atoms with Gasteiger partial charge in [-0.05, 0) is 19.1 Å². The van der Waals surface area contributed by atoms with Crippen LogP contribution in [-0.2, 0) is 9.53 Å². The summed E-state index contributed by atoms with van der Waals surface area (Å²) in [6.07, 6.45) is 0. The minimum Gasteiger partial charge on any atom is -0.480 e. The quantitative estimate of drug-likeness (QED) is 0.786. The van der Waals surface area contributed by atoms with Crippen molar-refractivity contribution in [3.05, 3.63) is 23.4 Å². The highest BCUT2D eigenvalue weighted by molar-refractivity contribution is 5.97. The van der Waals surface area contributed by atoms with E-state index in [0.717, 1.165) is 0 Å².